The molecule has 2 aromatic carbocycles. The Morgan fingerprint density at radius 3 is 2.62 bits per heavy atom. The standard InChI is InChI=1S/C23H25FN2O2S/c24-20-9-4-6-18(16-20)17-21-22(27)26(11-5-10-25-12-14-28-15-13-25)23(29-21)19-7-2-1-3-8-19/h1-4,6-9,16-17,23H,5,10-15H2/b21-17+. The van der Waals surface area contributed by atoms with E-state index in [1.54, 1.807) is 23.9 Å². The van der Waals surface area contributed by atoms with Crippen molar-refractivity contribution in [2.75, 3.05) is 39.4 Å². The summed E-state index contributed by atoms with van der Waals surface area (Å²) in [4.78, 5) is 18.2. The predicted octanol–water partition coefficient (Wildman–Crippen LogP) is 4.16. The first-order chi connectivity index (χ1) is 14.2. The smallest absolute Gasteiger partial charge is 0.261 e. The summed E-state index contributed by atoms with van der Waals surface area (Å²) >= 11 is 1.55. The molecule has 0 N–H and O–H groups in total. The molecule has 2 aliphatic rings. The van der Waals surface area contributed by atoms with Gasteiger partial charge in [-0.05, 0) is 35.8 Å². The Bertz CT molecular complexity index is 868. The van der Waals surface area contributed by atoms with Crippen LogP contribution >= 0.6 is 11.8 Å². The van der Waals surface area contributed by atoms with Crippen LogP contribution in [0.4, 0.5) is 4.39 Å². The van der Waals surface area contributed by atoms with Gasteiger partial charge in [-0.1, -0.05) is 54.2 Å². The Morgan fingerprint density at radius 2 is 1.86 bits per heavy atom. The Balaban J connectivity index is 1.50. The number of amides is 1. The van der Waals surface area contributed by atoms with Gasteiger partial charge in [0.05, 0.1) is 18.1 Å². The van der Waals surface area contributed by atoms with E-state index in [9.17, 15) is 9.18 Å². The fourth-order valence-electron chi connectivity index (χ4n) is 3.70. The number of thioether (sulfide) groups is 1. The Morgan fingerprint density at radius 1 is 1.07 bits per heavy atom. The van der Waals surface area contributed by atoms with E-state index in [4.69, 9.17) is 4.74 Å². The van der Waals surface area contributed by atoms with Crippen LogP contribution in [0, 0.1) is 5.82 Å². The summed E-state index contributed by atoms with van der Waals surface area (Å²) in [5.41, 5.74) is 1.82. The second-order valence-corrected chi connectivity index (χ2v) is 8.37. The number of carbonyl (C=O) groups is 1. The lowest BCUT2D eigenvalue weighted by atomic mass is 10.2. The summed E-state index contributed by atoms with van der Waals surface area (Å²) in [6.07, 6.45) is 2.72. The van der Waals surface area contributed by atoms with Crippen LogP contribution in [0.3, 0.4) is 0 Å². The minimum absolute atomic E-state index is 0.0232. The van der Waals surface area contributed by atoms with Crippen molar-refractivity contribution in [3.05, 3.63) is 76.4 Å². The van der Waals surface area contributed by atoms with E-state index in [1.807, 2.05) is 29.2 Å². The molecule has 4 nitrogen and oxygen atoms in total. The highest BCUT2D eigenvalue weighted by molar-refractivity contribution is 8.04. The van der Waals surface area contributed by atoms with Crippen molar-refractivity contribution in [2.24, 2.45) is 0 Å². The molecule has 6 heteroatoms. The number of nitrogens with zero attached hydrogens (tertiary/aromatic N) is 2. The second-order valence-electron chi connectivity index (χ2n) is 7.25. The molecule has 0 aliphatic carbocycles. The zero-order valence-corrected chi connectivity index (χ0v) is 17.1. The third-order valence-electron chi connectivity index (χ3n) is 5.20. The molecular formula is C23H25FN2O2S. The van der Waals surface area contributed by atoms with Crippen molar-refractivity contribution in [1.82, 2.24) is 9.80 Å². The van der Waals surface area contributed by atoms with E-state index in [2.05, 4.69) is 17.0 Å². The summed E-state index contributed by atoms with van der Waals surface area (Å²) < 4.78 is 19.0. The number of halogens is 1. The van der Waals surface area contributed by atoms with Gasteiger partial charge in [-0.2, -0.15) is 0 Å². The first kappa shape index (κ1) is 20.1. The van der Waals surface area contributed by atoms with Gasteiger partial charge >= 0.3 is 0 Å². The monoisotopic (exact) mass is 412 g/mol. The lowest BCUT2D eigenvalue weighted by Gasteiger charge is -2.28. The summed E-state index contributed by atoms with van der Waals surface area (Å²) in [5.74, 6) is -0.271. The molecule has 0 radical (unpaired) electrons. The van der Waals surface area contributed by atoms with E-state index < -0.39 is 0 Å². The second kappa shape index (κ2) is 9.57. The van der Waals surface area contributed by atoms with Crippen molar-refractivity contribution in [1.29, 1.82) is 0 Å². The van der Waals surface area contributed by atoms with Crippen molar-refractivity contribution in [3.8, 4) is 0 Å². The maximum atomic E-state index is 13.6. The lowest BCUT2D eigenvalue weighted by molar-refractivity contribution is -0.126. The number of hydrogen-bond acceptors (Lipinski definition) is 4. The maximum absolute atomic E-state index is 13.6. The third-order valence-corrected chi connectivity index (χ3v) is 6.50. The van der Waals surface area contributed by atoms with Crippen LogP contribution in [-0.2, 0) is 9.53 Å². The fourth-order valence-corrected chi connectivity index (χ4v) is 4.98. The minimum atomic E-state index is -0.295. The van der Waals surface area contributed by atoms with Crippen LogP contribution in [0.1, 0.15) is 22.9 Å². The van der Waals surface area contributed by atoms with Gasteiger partial charge < -0.3 is 9.64 Å². The quantitative estimate of drug-likeness (QED) is 0.667. The van der Waals surface area contributed by atoms with E-state index in [0.717, 1.165) is 44.8 Å². The van der Waals surface area contributed by atoms with Gasteiger partial charge in [0.2, 0.25) is 0 Å². The SMILES string of the molecule is O=C1/C(=C\c2cccc(F)c2)SC(c2ccccc2)N1CCCN1CCOCC1. The fraction of sp³-hybridized carbons (Fsp3) is 0.348. The molecule has 0 saturated carbocycles. The molecule has 2 aliphatic heterocycles. The number of hydrogen-bond donors (Lipinski definition) is 0. The number of morpholine rings is 1. The Hall–Kier alpha value is -2.15. The van der Waals surface area contributed by atoms with Crippen molar-refractivity contribution < 1.29 is 13.9 Å². The van der Waals surface area contributed by atoms with E-state index in [1.165, 1.54) is 12.1 Å². The molecule has 152 valence electrons. The van der Waals surface area contributed by atoms with Crippen molar-refractivity contribution in [2.45, 2.75) is 11.8 Å². The highest BCUT2D eigenvalue weighted by Gasteiger charge is 2.36. The van der Waals surface area contributed by atoms with Crippen LogP contribution in [-0.4, -0.2) is 55.1 Å². The van der Waals surface area contributed by atoms with Crippen LogP contribution < -0.4 is 0 Å². The highest BCUT2D eigenvalue weighted by atomic mass is 32.2. The zero-order valence-electron chi connectivity index (χ0n) is 16.3. The van der Waals surface area contributed by atoms with Gasteiger partial charge in [0.25, 0.3) is 5.91 Å². The van der Waals surface area contributed by atoms with Gasteiger partial charge in [-0.25, -0.2) is 4.39 Å². The molecular weight excluding hydrogens is 387 g/mol. The summed E-state index contributed by atoms with van der Waals surface area (Å²) in [7, 11) is 0. The summed E-state index contributed by atoms with van der Waals surface area (Å²) in [6, 6.07) is 16.5. The first-order valence-electron chi connectivity index (χ1n) is 10.0. The van der Waals surface area contributed by atoms with Gasteiger partial charge in [-0.3, -0.25) is 9.69 Å². The van der Waals surface area contributed by atoms with Gasteiger partial charge in [0.15, 0.2) is 0 Å². The number of ether oxygens (including phenoxy) is 1. The van der Waals surface area contributed by atoms with E-state index in [-0.39, 0.29) is 17.1 Å². The van der Waals surface area contributed by atoms with Gasteiger partial charge in [0, 0.05) is 26.2 Å². The number of benzene rings is 2. The molecule has 2 heterocycles. The largest absolute Gasteiger partial charge is 0.379 e. The van der Waals surface area contributed by atoms with E-state index >= 15 is 0 Å². The first-order valence-corrected chi connectivity index (χ1v) is 10.9. The van der Waals surface area contributed by atoms with E-state index in [0.29, 0.717) is 17.0 Å². The summed E-state index contributed by atoms with van der Waals surface area (Å²) in [6.45, 7) is 5.13. The number of rotatable bonds is 6. The van der Waals surface area contributed by atoms with Gasteiger partial charge in [-0.15, -0.1) is 0 Å². The van der Waals surface area contributed by atoms with Crippen LogP contribution in [0.25, 0.3) is 6.08 Å². The Labute approximate surface area is 175 Å². The zero-order chi connectivity index (χ0) is 20.1. The lowest BCUT2D eigenvalue weighted by Crippen LogP contribution is -2.38. The third kappa shape index (κ3) is 5.07. The maximum Gasteiger partial charge on any atom is 0.261 e. The molecule has 2 aromatic rings. The van der Waals surface area contributed by atoms with Gasteiger partial charge in [0.1, 0.15) is 11.2 Å². The molecule has 29 heavy (non-hydrogen) atoms. The predicted molar refractivity (Wildman–Crippen MR) is 115 cm³/mol. The molecule has 1 atom stereocenters. The molecule has 1 unspecified atom stereocenters. The average molecular weight is 413 g/mol. The van der Waals surface area contributed by atoms with Crippen LogP contribution in [0.2, 0.25) is 0 Å². The van der Waals surface area contributed by atoms with Crippen LogP contribution in [0.5, 0.6) is 0 Å². The number of carbonyl (C=O) groups excluding carboxylic acids is 1. The van der Waals surface area contributed by atoms with Crippen LogP contribution in [0.15, 0.2) is 59.5 Å². The summed E-state index contributed by atoms with van der Waals surface area (Å²) in [5, 5.41) is -0.0480. The molecule has 0 spiro atoms. The minimum Gasteiger partial charge on any atom is -0.379 e. The molecule has 2 fully saturated rings. The molecule has 1 amide bonds. The van der Waals surface area contributed by atoms with Crippen molar-refractivity contribution in [3.63, 3.8) is 0 Å². The molecule has 2 saturated heterocycles. The topological polar surface area (TPSA) is 32.8 Å². The Kier molecular flexibility index (Phi) is 6.64. The molecule has 4 rings (SSSR count). The normalized spacial score (nSPS) is 21.8. The molecule has 0 bridgehead atoms. The molecule has 0 aromatic heterocycles. The highest BCUT2D eigenvalue weighted by Crippen LogP contribution is 2.46. The average Bonchev–Trinajstić information content (AvgIpc) is 3.05. The van der Waals surface area contributed by atoms with Crippen molar-refractivity contribution >= 4 is 23.7 Å².